The summed E-state index contributed by atoms with van der Waals surface area (Å²) < 4.78 is 0. The van der Waals surface area contributed by atoms with E-state index >= 15 is 0 Å². The van der Waals surface area contributed by atoms with Crippen molar-refractivity contribution >= 4 is 28.2 Å². The first kappa shape index (κ1) is 12.1. The first-order valence-corrected chi connectivity index (χ1v) is 7.20. The van der Waals surface area contributed by atoms with E-state index in [0.29, 0.717) is 0 Å². The molecule has 0 aliphatic carbocycles. The fourth-order valence-corrected chi connectivity index (χ4v) is 2.72. The van der Waals surface area contributed by atoms with E-state index in [2.05, 4.69) is 32.8 Å². The first-order valence-electron chi connectivity index (χ1n) is 6.32. The topological polar surface area (TPSA) is 37.8 Å². The fraction of sp³-hybridized carbons (Fsp3) is 0.200. The summed E-state index contributed by atoms with van der Waals surface area (Å²) in [4.78, 5) is 10.6. The minimum atomic E-state index is 0.883. The molecule has 0 amide bonds. The molecule has 19 heavy (non-hydrogen) atoms. The second-order valence-corrected chi connectivity index (χ2v) is 5.43. The van der Waals surface area contributed by atoms with Crippen LogP contribution in [0.4, 0.5) is 5.82 Å². The third-order valence-electron chi connectivity index (χ3n) is 2.99. The number of aromatic nitrogens is 2. The first-order chi connectivity index (χ1) is 9.33. The zero-order valence-corrected chi connectivity index (χ0v) is 11.6. The van der Waals surface area contributed by atoms with Gasteiger partial charge in [0.1, 0.15) is 5.82 Å². The minimum Gasteiger partial charge on any atom is -0.368 e. The van der Waals surface area contributed by atoms with E-state index < -0.39 is 0 Å². The molecule has 2 aromatic heterocycles. The average Bonchev–Trinajstić information content (AvgIpc) is 2.92. The van der Waals surface area contributed by atoms with Gasteiger partial charge in [0.2, 0.25) is 0 Å². The third-order valence-corrected chi connectivity index (χ3v) is 3.92. The van der Waals surface area contributed by atoms with E-state index in [4.69, 9.17) is 0 Å². The Morgan fingerprint density at radius 1 is 1.05 bits per heavy atom. The number of aryl methyl sites for hydroxylation is 1. The molecular formula is C15H15N3S. The van der Waals surface area contributed by atoms with Crippen LogP contribution in [0.1, 0.15) is 10.6 Å². The van der Waals surface area contributed by atoms with E-state index in [-0.39, 0.29) is 0 Å². The summed E-state index contributed by atoms with van der Waals surface area (Å²) in [6.07, 6.45) is 1.02. The number of fused-ring (bicyclic) bond motifs is 1. The highest BCUT2D eigenvalue weighted by Gasteiger charge is 2.04. The third kappa shape index (κ3) is 2.74. The van der Waals surface area contributed by atoms with Crippen molar-refractivity contribution in [2.75, 3.05) is 11.9 Å². The summed E-state index contributed by atoms with van der Waals surface area (Å²) in [5.41, 5.74) is 2.83. The lowest BCUT2D eigenvalue weighted by atomic mass is 10.3. The predicted molar refractivity (Wildman–Crippen MR) is 80.8 cm³/mol. The number of thiophene rings is 1. The Balaban J connectivity index is 1.75. The van der Waals surface area contributed by atoms with Crippen LogP contribution in [0.3, 0.4) is 0 Å². The van der Waals surface area contributed by atoms with E-state index in [1.807, 2.05) is 31.2 Å². The van der Waals surface area contributed by atoms with Crippen molar-refractivity contribution in [3.8, 4) is 0 Å². The van der Waals surface area contributed by atoms with Gasteiger partial charge in [-0.3, -0.25) is 0 Å². The largest absolute Gasteiger partial charge is 0.368 e. The van der Waals surface area contributed by atoms with E-state index in [1.54, 1.807) is 11.3 Å². The molecule has 0 spiro atoms. The van der Waals surface area contributed by atoms with Crippen LogP contribution in [0.2, 0.25) is 0 Å². The molecule has 0 fully saturated rings. The summed E-state index contributed by atoms with van der Waals surface area (Å²) >= 11 is 1.79. The second kappa shape index (κ2) is 5.36. The standard InChI is InChI=1S/C15H15N3S/c1-11-15(16-9-8-12-5-4-10-19-12)18-14-7-3-2-6-13(14)17-11/h2-7,10H,8-9H2,1H3,(H,16,18). The van der Waals surface area contributed by atoms with Gasteiger partial charge in [-0.1, -0.05) is 18.2 Å². The maximum atomic E-state index is 4.62. The molecule has 1 N–H and O–H groups in total. The number of rotatable bonds is 4. The normalized spacial score (nSPS) is 10.8. The lowest BCUT2D eigenvalue weighted by molar-refractivity contribution is 1.02. The van der Waals surface area contributed by atoms with Crippen LogP contribution in [0, 0.1) is 6.92 Å². The highest BCUT2D eigenvalue weighted by atomic mass is 32.1. The molecular weight excluding hydrogens is 254 g/mol. The fourth-order valence-electron chi connectivity index (χ4n) is 2.01. The zero-order chi connectivity index (χ0) is 13.1. The van der Waals surface area contributed by atoms with E-state index in [9.17, 15) is 0 Å². The minimum absolute atomic E-state index is 0.883. The van der Waals surface area contributed by atoms with Crippen LogP contribution in [0.25, 0.3) is 11.0 Å². The molecule has 0 saturated heterocycles. The van der Waals surface area contributed by atoms with Crippen LogP contribution in [-0.2, 0) is 6.42 Å². The number of nitrogens with one attached hydrogen (secondary N) is 1. The van der Waals surface area contributed by atoms with Gasteiger partial charge in [-0.2, -0.15) is 0 Å². The van der Waals surface area contributed by atoms with Crippen LogP contribution in [0.15, 0.2) is 41.8 Å². The molecule has 3 aromatic rings. The summed E-state index contributed by atoms with van der Waals surface area (Å²) in [5.74, 6) is 0.884. The average molecular weight is 269 g/mol. The van der Waals surface area contributed by atoms with E-state index in [1.165, 1.54) is 4.88 Å². The van der Waals surface area contributed by atoms with Gasteiger partial charge in [0.05, 0.1) is 16.7 Å². The monoisotopic (exact) mass is 269 g/mol. The summed E-state index contributed by atoms with van der Waals surface area (Å²) in [6, 6.07) is 12.2. The molecule has 2 heterocycles. The van der Waals surface area contributed by atoms with Crippen molar-refractivity contribution in [3.05, 3.63) is 52.3 Å². The molecule has 3 rings (SSSR count). The maximum absolute atomic E-state index is 4.62. The maximum Gasteiger partial charge on any atom is 0.148 e. The summed E-state index contributed by atoms with van der Waals surface area (Å²) in [5, 5.41) is 5.48. The van der Waals surface area contributed by atoms with Gasteiger partial charge in [-0.25, -0.2) is 9.97 Å². The Kier molecular flexibility index (Phi) is 3.42. The zero-order valence-electron chi connectivity index (χ0n) is 10.8. The highest BCUT2D eigenvalue weighted by Crippen LogP contribution is 2.16. The smallest absolute Gasteiger partial charge is 0.148 e. The Morgan fingerprint density at radius 2 is 1.84 bits per heavy atom. The molecule has 3 nitrogen and oxygen atoms in total. The number of hydrogen-bond donors (Lipinski definition) is 1. The molecule has 0 aliphatic rings. The highest BCUT2D eigenvalue weighted by molar-refractivity contribution is 7.09. The van der Waals surface area contributed by atoms with Gasteiger partial charge >= 0.3 is 0 Å². The number of anilines is 1. The molecule has 1 aromatic carbocycles. The Morgan fingerprint density at radius 3 is 2.58 bits per heavy atom. The van der Waals surface area contributed by atoms with Crippen LogP contribution < -0.4 is 5.32 Å². The van der Waals surface area contributed by atoms with Gasteiger partial charge < -0.3 is 5.32 Å². The Labute approximate surface area is 116 Å². The predicted octanol–water partition coefficient (Wildman–Crippen LogP) is 3.65. The van der Waals surface area contributed by atoms with Gasteiger partial charge in [-0.05, 0) is 36.9 Å². The summed E-state index contributed by atoms with van der Waals surface area (Å²) in [6.45, 7) is 2.88. The SMILES string of the molecule is Cc1nc2ccccc2nc1NCCc1cccs1. The number of nitrogens with zero attached hydrogens (tertiary/aromatic N) is 2. The molecule has 0 aliphatic heterocycles. The van der Waals surface area contributed by atoms with Crippen molar-refractivity contribution in [1.82, 2.24) is 9.97 Å². The molecule has 4 heteroatoms. The van der Waals surface area contributed by atoms with Crippen molar-refractivity contribution in [1.29, 1.82) is 0 Å². The molecule has 0 bridgehead atoms. The van der Waals surface area contributed by atoms with Gasteiger partial charge in [0.25, 0.3) is 0 Å². The van der Waals surface area contributed by atoms with Crippen molar-refractivity contribution in [3.63, 3.8) is 0 Å². The number of para-hydroxylation sites is 2. The quantitative estimate of drug-likeness (QED) is 0.785. The lowest BCUT2D eigenvalue weighted by Crippen LogP contribution is -2.08. The van der Waals surface area contributed by atoms with Gasteiger partial charge in [0.15, 0.2) is 0 Å². The van der Waals surface area contributed by atoms with E-state index in [0.717, 1.165) is 35.5 Å². The molecule has 0 atom stereocenters. The van der Waals surface area contributed by atoms with Crippen molar-refractivity contribution in [2.24, 2.45) is 0 Å². The van der Waals surface area contributed by atoms with Gasteiger partial charge in [-0.15, -0.1) is 11.3 Å². The second-order valence-electron chi connectivity index (χ2n) is 4.40. The summed E-state index contributed by atoms with van der Waals surface area (Å²) in [7, 11) is 0. The van der Waals surface area contributed by atoms with Crippen LogP contribution in [0.5, 0.6) is 0 Å². The number of benzene rings is 1. The molecule has 0 saturated carbocycles. The Bertz CT molecular complexity index is 677. The lowest BCUT2D eigenvalue weighted by Gasteiger charge is -2.08. The van der Waals surface area contributed by atoms with Crippen LogP contribution >= 0.6 is 11.3 Å². The molecule has 0 unspecified atom stereocenters. The number of hydrogen-bond acceptors (Lipinski definition) is 4. The van der Waals surface area contributed by atoms with Crippen LogP contribution in [-0.4, -0.2) is 16.5 Å². The van der Waals surface area contributed by atoms with Gasteiger partial charge in [0, 0.05) is 11.4 Å². The van der Waals surface area contributed by atoms with Crippen molar-refractivity contribution < 1.29 is 0 Å². The Hall–Kier alpha value is -1.94. The van der Waals surface area contributed by atoms with Crippen molar-refractivity contribution in [2.45, 2.75) is 13.3 Å². The molecule has 96 valence electrons. The molecule has 0 radical (unpaired) electrons.